The molecular weight excluding hydrogens is 444 g/mol. The molecule has 0 saturated carbocycles. The van der Waals surface area contributed by atoms with Crippen LogP contribution in [0.1, 0.15) is 54.9 Å². The van der Waals surface area contributed by atoms with Gasteiger partial charge in [-0.3, -0.25) is 9.69 Å². The maximum atomic E-state index is 13.3. The van der Waals surface area contributed by atoms with Crippen LogP contribution in [0.15, 0.2) is 34.9 Å². The lowest BCUT2D eigenvalue weighted by molar-refractivity contribution is 0.0971. The lowest BCUT2D eigenvalue weighted by Gasteiger charge is -2.26. The lowest BCUT2D eigenvalue weighted by Crippen LogP contribution is -2.45. The number of carbonyl (C=O) groups is 1. The highest BCUT2D eigenvalue weighted by Crippen LogP contribution is 2.24. The smallest absolute Gasteiger partial charge is 0.274 e. The van der Waals surface area contributed by atoms with E-state index in [1.807, 2.05) is 30.3 Å². The van der Waals surface area contributed by atoms with E-state index >= 15 is 0 Å². The summed E-state index contributed by atoms with van der Waals surface area (Å²) in [7, 11) is 0. The van der Waals surface area contributed by atoms with Gasteiger partial charge in [-0.15, -0.1) is 0 Å². The van der Waals surface area contributed by atoms with E-state index in [4.69, 9.17) is 5.26 Å². The van der Waals surface area contributed by atoms with Crippen molar-refractivity contribution in [3.05, 3.63) is 51.9 Å². The number of rotatable bonds is 7. The number of nitrogens with zero attached hydrogens (tertiary/aromatic N) is 5. The zero-order valence-corrected chi connectivity index (χ0v) is 19.0. The zero-order chi connectivity index (χ0) is 21.5. The zero-order valence-electron chi connectivity index (χ0n) is 17.4. The van der Waals surface area contributed by atoms with Crippen LogP contribution in [0.5, 0.6) is 0 Å². The number of carbonyl (C=O) groups excluding carboxylic acids is 1. The van der Waals surface area contributed by atoms with E-state index in [9.17, 15) is 4.79 Å². The predicted octanol–water partition coefficient (Wildman–Crippen LogP) is 3.90. The quantitative estimate of drug-likeness (QED) is 0.617. The summed E-state index contributed by atoms with van der Waals surface area (Å²) in [6.45, 7) is 7.87. The van der Waals surface area contributed by atoms with Gasteiger partial charge in [0.25, 0.3) is 5.91 Å². The summed E-state index contributed by atoms with van der Waals surface area (Å²) in [5.74, 6) is 0.422. The van der Waals surface area contributed by atoms with Crippen molar-refractivity contribution in [3.63, 3.8) is 0 Å². The van der Waals surface area contributed by atoms with Gasteiger partial charge in [0, 0.05) is 24.8 Å². The molecule has 1 N–H and O–H groups in total. The molecule has 0 radical (unpaired) electrons. The van der Waals surface area contributed by atoms with E-state index in [2.05, 4.69) is 50.1 Å². The third-order valence-electron chi connectivity index (χ3n) is 4.95. The first kappa shape index (κ1) is 22.3. The fourth-order valence-electron chi connectivity index (χ4n) is 3.34. The van der Waals surface area contributed by atoms with Gasteiger partial charge in [-0.2, -0.15) is 10.2 Å². The predicted molar refractivity (Wildman–Crippen MR) is 120 cm³/mol. The summed E-state index contributed by atoms with van der Waals surface area (Å²) in [4.78, 5) is 23.9. The Bertz CT molecular complexity index is 903. The molecule has 8 heteroatoms. The number of piperidine rings is 1. The van der Waals surface area contributed by atoms with Crippen LogP contribution in [0.3, 0.4) is 0 Å². The molecule has 1 aliphatic heterocycles. The minimum Gasteiger partial charge on any atom is -0.299 e. The second-order valence-electron chi connectivity index (χ2n) is 7.91. The van der Waals surface area contributed by atoms with Crippen LogP contribution in [0, 0.1) is 17.2 Å². The first-order valence-electron chi connectivity index (χ1n) is 10.3. The first-order chi connectivity index (χ1) is 14.5. The van der Waals surface area contributed by atoms with Gasteiger partial charge in [-0.05, 0) is 65.5 Å². The number of benzene rings is 1. The number of hydrogen-bond acceptors (Lipinski definition) is 6. The van der Waals surface area contributed by atoms with Crippen LogP contribution < -0.4 is 10.4 Å². The normalized spacial score (nSPS) is 14.5. The Labute approximate surface area is 186 Å². The van der Waals surface area contributed by atoms with Crippen molar-refractivity contribution in [1.29, 1.82) is 5.26 Å². The third kappa shape index (κ3) is 5.85. The summed E-state index contributed by atoms with van der Waals surface area (Å²) in [6, 6.07) is 9.66. The van der Waals surface area contributed by atoms with E-state index in [-0.39, 0.29) is 11.7 Å². The van der Waals surface area contributed by atoms with Crippen molar-refractivity contribution in [2.24, 2.45) is 5.92 Å². The molecule has 3 rings (SSSR count). The highest BCUT2D eigenvalue weighted by molar-refractivity contribution is 9.10. The van der Waals surface area contributed by atoms with Gasteiger partial charge in [0.05, 0.1) is 4.47 Å². The minimum absolute atomic E-state index is 0.00854. The molecule has 1 amide bonds. The Morgan fingerprint density at radius 3 is 2.60 bits per heavy atom. The molecule has 30 heavy (non-hydrogen) atoms. The fraction of sp³-hybridized carbons (Fsp3) is 0.455. The van der Waals surface area contributed by atoms with Crippen LogP contribution in [-0.4, -0.2) is 40.4 Å². The van der Waals surface area contributed by atoms with Gasteiger partial charge in [0.1, 0.15) is 6.07 Å². The minimum atomic E-state index is -0.233. The van der Waals surface area contributed by atoms with Gasteiger partial charge in [-0.25, -0.2) is 15.4 Å². The number of nitriles is 1. The Morgan fingerprint density at radius 2 is 1.97 bits per heavy atom. The molecular formula is C22H27BrN6O. The molecule has 0 spiro atoms. The topological polar surface area (TPSA) is 85.2 Å². The monoisotopic (exact) mass is 470 g/mol. The van der Waals surface area contributed by atoms with Crippen molar-refractivity contribution in [1.82, 2.24) is 20.3 Å². The van der Waals surface area contributed by atoms with Crippen LogP contribution >= 0.6 is 15.9 Å². The van der Waals surface area contributed by atoms with Gasteiger partial charge in [-0.1, -0.05) is 32.4 Å². The van der Waals surface area contributed by atoms with E-state index in [1.54, 1.807) is 0 Å². The second kappa shape index (κ2) is 10.6. The fourth-order valence-corrected chi connectivity index (χ4v) is 3.71. The molecule has 1 aromatic heterocycles. The molecule has 2 aromatic rings. The Morgan fingerprint density at radius 1 is 1.27 bits per heavy atom. The molecule has 0 bridgehead atoms. The van der Waals surface area contributed by atoms with Crippen LogP contribution in [0.4, 0.5) is 5.82 Å². The largest absolute Gasteiger partial charge is 0.299 e. The SMILES string of the molecule is CC(C)CNN(C(=O)c1ccc(CN2CCCCC2)cc1)c1nc(C#N)ncc1Br. The number of hydrogen-bond donors (Lipinski definition) is 1. The molecule has 1 fully saturated rings. The molecule has 7 nitrogen and oxygen atoms in total. The lowest BCUT2D eigenvalue weighted by atomic mass is 10.1. The van der Waals surface area contributed by atoms with Crippen molar-refractivity contribution >= 4 is 27.7 Å². The summed E-state index contributed by atoms with van der Waals surface area (Å²) in [5.41, 5.74) is 4.90. The second-order valence-corrected chi connectivity index (χ2v) is 8.76. The molecule has 1 aliphatic rings. The summed E-state index contributed by atoms with van der Waals surface area (Å²) in [6.07, 6.45) is 5.31. The number of amides is 1. The van der Waals surface area contributed by atoms with Crippen LogP contribution in [0.25, 0.3) is 0 Å². The molecule has 0 aliphatic carbocycles. The average molecular weight is 471 g/mol. The molecule has 1 aromatic carbocycles. The number of hydrazine groups is 1. The molecule has 2 heterocycles. The maximum Gasteiger partial charge on any atom is 0.274 e. The van der Waals surface area contributed by atoms with Gasteiger partial charge < -0.3 is 0 Å². The third-order valence-corrected chi connectivity index (χ3v) is 5.51. The number of aromatic nitrogens is 2. The Balaban J connectivity index is 1.81. The molecule has 0 atom stereocenters. The summed E-state index contributed by atoms with van der Waals surface area (Å²) < 4.78 is 0.535. The average Bonchev–Trinajstić information content (AvgIpc) is 2.76. The first-order valence-corrected chi connectivity index (χ1v) is 11.1. The van der Waals surface area contributed by atoms with Crippen molar-refractivity contribution in [2.75, 3.05) is 24.6 Å². The van der Waals surface area contributed by atoms with E-state index < -0.39 is 0 Å². The maximum absolute atomic E-state index is 13.3. The van der Waals surface area contributed by atoms with Crippen LogP contribution in [-0.2, 0) is 6.54 Å². The molecule has 1 saturated heterocycles. The molecule has 158 valence electrons. The number of halogens is 1. The standard InChI is InChI=1S/C22H27BrN6O/c1-16(2)13-26-29(21-19(23)14-25-20(12-24)27-21)22(30)18-8-6-17(7-9-18)15-28-10-4-3-5-11-28/h6-9,14,16,26H,3-5,10-11,13,15H2,1-2H3. The van der Waals surface area contributed by atoms with Crippen molar-refractivity contribution in [3.8, 4) is 6.07 Å². The Kier molecular flexibility index (Phi) is 7.91. The van der Waals surface area contributed by atoms with Gasteiger partial charge in [0.2, 0.25) is 5.82 Å². The van der Waals surface area contributed by atoms with E-state index in [0.717, 1.165) is 19.6 Å². The summed E-state index contributed by atoms with van der Waals surface area (Å²) >= 11 is 3.40. The highest BCUT2D eigenvalue weighted by Gasteiger charge is 2.23. The van der Waals surface area contributed by atoms with E-state index in [0.29, 0.717) is 28.3 Å². The Hall–Kier alpha value is -2.34. The van der Waals surface area contributed by atoms with Gasteiger partial charge >= 0.3 is 0 Å². The highest BCUT2D eigenvalue weighted by atomic mass is 79.9. The van der Waals surface area contributed by atoms with Crippen LogP contribution in [0.2, 0.25) is 0 Å². The number of anilines is 1. The van der Waals surface area contributed by atoms with Crippen molar-refractivity contribution in [2.45, 2.75) is 39.7 Å². The summed E-state index contributed by atoms with van der Waals surface area (Å²) in [5, 5.41) is 10.6. The van der Waals surface area contributed by atoms with E-state index in [1.165, 1.54) is 36.0 Å². The molecule has 0 unspecified atom stereocenters. The van der Waals surface area contributed by atoms with Crippen molar-refractivity contribution < 1.29 is 4.79 Å². The van der Waals surface area contributed by atoms with Gasteiger partial charge in [0.15, 0.2) is 5.82 Å². The number of nitrogens with one attached hydrogen (secondary N) is 1. The number of likely N-dealkylation sites (tertiary alicyclic amines) is 1.